The first-order chi connectivity index (χ1) is 14.0. The molecule has 29 heavy (non-hydrogen) atoms. The average Bonchev–Trinajstić information content (AvgIpc) is 3.28. The molecule has 8 heteroatoms. The lowest BCUT2D eigenvalue weighted by Gasteiger charge is -2.15. The number of amides is 1. The molecule has 0 fully saturated rings. The Kier molecular flexibility index (Phi) is 6.33. The smallest absolute Gasteiger partial charge is 0.338 e. The van der Waals surface area contributed by atoms with E-state index in [0.717, 1.165) is 6.42 Å². The molecule has 0 aliphatic rings. The number of aromatic nitrogens is 4. The van der Waals surface area contributed by atoms with Crippen molar-refractivity contribution >= 4 is 17.6 Å². The lowest BCUT2D eigenvalue weighted by molar-refractivity contribution is -0.123. The zero-order valence-corrected chi connectivity index (χ0v) is 16.6. The number of carbonyl (C=O) groups is 2. The first kappa shape index (κ1) is 20.2. The van der Waals surface area contributed by atoms with E-state index in [0.29, 0.717) is 22.9 Å². The van der Waals surface area contributed by atoms with Crippen molar-refractivity contribution in [3.8, 4) is 5.69 Å². The number of carbonyl (C=O) groups excluding carboxylic acids is 2. The SMILES string of the molecule is CC[C@@H](C)c1ccc(NC(=O)[C@H](C)OC(=O)c2ccc(-n3cnnn3)cc2)cc1. The molecular weight excluding hydrogens is 370 g/mol. The molecule has 2 aromatic carbocycles. The number of hydrogen-bond acceptors (Lipinski definition) is 6. The van der Waals surface area contributed by atoms with Crippen molar-refractivity contribution in [1.29, 1.82) is 0 Å². The van der Waals surface area contributed by atoms with E-state index in [2.05, 4.69) is 34.7 Å². The van der Waals surface area contributed by atoms with Gasteiger partial charge in [0.05, 0.1) is 11.3 Å². The van der Waals surface area contributed by atoms with E-state index < -0.39 is 12.1 Å². The van der Waals surface area contributed by atoms with Gasteiger partial charge in [-0.2, -0.15) is 0 Å². The maximum absolute atomic E-state index is 12.3. The molecule has 0 aliphatic carbocycles. The predicted octanol–water partition coefficient (Wildman–Crippen LogP) is 3.36. The molecule has 2 atom stereocenters. The van der Waals surface area contributed by atoms with Gasteiger partial charge in [-0.25, -0.2) is 9.48 Å². The highest BCUT2D eigenvalue weighted by molar-refractivity contribution is 5.97. The van der Waals surface area contributed by atoms with Crippen LogP contribution in [0.25, 0.3) is 5.69 Å². The summed E-state index contributed by atoms with van der Waals surface area (Å²) in [6, 6.07) is 14.3. The Bertz CT molecular complexity index is 953. The normalized spacial score (nSPS) is 12.8. The summed E-state index contributed by atoms with van der Waals surface area (Å²) < 4.78 is 6.75. The fourth-order valence-corrected chi connectivity index (χ4v) is 2.69. The van der Waals surface area contributed by atoms with Gasteiger partial charge in [0.1, 0.15) is 6.33 Å². The number of nitrogens with zero attached hydrogens (tertiary/aromatic N) is 4. The van der Waals surface area contributed by atoms with Gasteiger partial charge in [0, 0.05) is 5.69 Å². The molecule has 1 amide bonds. The zero-order valence-electron chi connectivity index (χ0n) is 16.6. The van der Waals surface area contributed by atoms with Gasteiger partial charge in [-0.1, -0.05) is 26.0 Å². The van der Waals surface area contributed by atoms with Crippen LogP contribution in [0, 0.1) is 0 Å². The molecule has 8 nitrogen and oxygen atoms in total. The number of esters is 1. The van der Waals surface area contributed by atoms with E-state index >= 15 is 0 Å². The predicted molar refractivity (Wildman–Crippen MR) is 108 cm³/mol. The third-order valence-electron chi connectivity index (χ3n) is 4.73. The van der Waals surface area contributed by atoms with Gasteiger partial charge in [0.2, 0.25) is 0 Å². The number of benzene rings is 2. The molecule has 1 heterocycles. The minimum absolute atomic E-state index is 0.333. The topological polar surface area (TPSA) is 99.0 Å². The second kappa shape index (κ2) is 9.09. The van der Waals surface area contributed by atoms with Crippen molar-refractivity contribution in [3.05, 3.63) is 66.0 Å². The number of hydrogen-bond donors (Lipinski definition) is 1. The molecule has 0 bridgehead atoms. The second-order valence-electron chi connectivity index (χ2n) is 6.77. The van der Waals surface area contributed by atoms with Crippen LogP contribution in [-0.4, -0.2) is 38.2 Å². The Hall–Kier alpha value is -3.55. The molecule has 0 spiro atoms. The summed E-state index contributed by atoms with van der Waals surface area (Å²) in [6.45, 7) is 5.83. The summed E-state index contributed by atoms with van der Waals surface area (Å²) in [6.07, 6.45) is 1.57. The second-order valence-corrected chi connectivity index (χ2v) is 6.77. The van der Waals surface area contributed by atoms with Gasteiger partial charge < -0.3 is 10.1 Å². The summed E-state index contributed by atoms with van der Waals surface area (Å²) in [4.78, 5) is 24.7. The number of nitrogens with one attached hydrogen (secondary N) is 1. The van der Waals surface area contributed by atoms with Crippen LogP contribution in [0.4, 0.5) is 5.69 Å². The first-order valence-electron chi connectivity index (χ1n) is 9.43. The Labute approximate surface area is 168 Å². The number of anilines is 1. The Morgan fingerprint density at radius 3 is 2.34 bits per heavy atom. The number of tetrazole rings is 1. The largest absolute Gasteiger partial charge is 0.449 e. The van der Waals surface area contributed by atoms with Crippen LogP contribution in [0.3, 0.4) is 0 Å². The Morgan fingerprint density at radius 2 is 1.76 bits per heavy atom. The van der Waals surface area contributed by atoms with E-state index in [1.54, 1.807) is 24.3 Å². The highest BCUT2D eigenvalue weighted by atomic mass is 16.5. The van der Waals surface area contributed by atoms with Crippen molar-refractivity contribution in [3.63, 3.8) is 0 Å². The third kappa shape index (κ3) is 5.04. The van der Waals surface area contributed by atoms with Crippen molar-refractivity contribution < 1.29 is 14.3 Å². The quantitative estimate of drug-likeness (QED) is 0.618. The molecule has 0 saturated heterocycles. The van der Waals surface area contributed by atoms with E-state index in [1.165, 1.54) is 23.5 Å². The Morgan fingerprint density at radius 1 is 1.07 bits per heavy atom. The fourth-order valence-electron chi connectivity index (χ4n) is 2.69. The molecule has 1 aromatic heterocycles. The van der Waals surface area contributed by atoms with Crippen molar-refractivity contribution in [1.82, 2.24) is 20.2 Å². The van der Waals surface area contributed by atoms with Gasteiger partial charge in [0.15, 0.2) is 6.10 Å². The molecule has 0 unspecified atom stereocenters. The van der Waals surface area contributed by atoms with Gasteiger partial charge in [0.25, 0.3) is 5.91 Å². The molecule has 3 aromatic rings. The van der Waals surface area contributed by atoms with Crippen LogP contribution in [0.5, 0.6) is 0 Å². The summed E-state index contributed by atoms with van der Waals surface area (Å²) in [5.41, 5.74) is 2.92. The van der Waals surface area contributed by atoms with Crippen molar-refractivity contribution in [2.75, 3.05) is 5.32 Å². The van der Waals surface area contributed by atoms with Crippen LogP contribution in [-0.2, 0) is 9.53 Å². The van der Waals surface area contributed by atoms with Gasteiger partial charge >= 0.3 is 5.97 Å². The average molecular weight is 393 g/mol. The monoisotopic (exact) mass is 393 g/mol. The van der Waals surface area contributed by atoms with Crippen LogP contribution in [0.1, 0.15) is 49.0 Å². The lowest BCUT2D eigenvalue weighted by Crippen LogP contribution is -2.30. The van der Waals surface area contributed by atoms with E-state index in [1.807, 2.05) is 24.3 Å². The highest BCUT2D eigenvalue weighted by Gasteiger charge is 2.19. The molecule has 3 rings (SSSR count). The zero-order chi connectivity index (χ0) is 20.8. The summed E-state index contributed by atoms with van der Waals surface area (Å²) >= 11 is 0. The van der Waals surface area contributed by atoms with Crippen molar-refractivity contribution in [2.45, 2.75) is 39.2 Å². The lowest BCUT2D eigenvalue weighted by atomic mass is 9.99. The van der Waals surface area contributed by atoms with Crippen LogP contribution >= 0.6 is 0 Å². The van der Waals surface area contributed by atoms with Crippen LogP contribution < -0.4 is 5.32 Å². The molecule has 1 N–H and O–H groups in total. The van der Waals surface area contributed by atoms with E-state index in [9.17, 15) is 9.59 Å². The minimum Gasteiger partial charge on any atom is -0.449 e. The minimum atomic E-state index is -0.934. The summed E-state index contributed by atoms with van der Waals surface area (Å²) in [5.74, 6) is -0.505. The molecule has 150 valence electrons. The third-order valence-corrected chi connectivity index (χ3v) is 4.73. The number of rotatable bonds is 7. The highest BCUT2D eigenvalue weighted by Crippen LogP contribution is 2.20. The maximum Gasteiger partial charge on any atom is 0.338 e. The first-order valence-corrected chi connectivity index (χ1v) is 9.43. The Balaban J connectivity index is 1.56. The molecule has 0 saturated carbocycles. The van der Waals surface area contributed by atoms with E-state index in [4.69, 9.17) is 4.74 Å². The summed E-state index contributed by atoms with van der Waals surface area (Å²) in [7, 11) is 0. The summed E-state index contributed by atoms with van der Waals surface area (Å²) in [5, 5.41) is 13.7. The van der Waals surface area contributed by atoms with E-state index in [-0.39, 0.29) is 5.91 Å². The van der Waals surface area contributed by atoms with Gasteiger partial charge in [-0.05, 0) is 71.7 Å². The molecule has 0 radical (unpaired) electrons. The maximum atomic E-state index is 12.3. The van der Waals surface area contributed by atoms with Gasteiger partial charge in [-0.15, -0.1) is 5.10 Å². The van der Waals surface area contributed by atoms with Crippen molar-refractivity contribution in [2.24, 2.45) is 0 Å². The van der Waals surface area contributed by atoms with Crippen LogP contribution in [0.15, 0.2) is 54.9 Å². The number of ether oxygens (including phenoxy) is 1. The van der Waals surface area contributed by atoms with Gasteiger partial charge in [-0.3, -0.25) is 4.79 Å². The standard InChI is InChI=1S/C21H23N5O3/c1-4-14(2)16-5-9-18(10-6-16)23-20(27)15(3)29-21(28)17-7-11-19(12-8-17)26-13-22-24-25-26/h5-15H,4H2,1-3H3,(H,23,27)/t14-,15+/m1/s1. The molecule has 0 aliphatic heterocycles. The van der Waals surface area contributed by atoms with Crippen LogP contribution in [0.2, 0.25) is 0 Å². The molecular formula is C21H23N5O3. The fraction of sp³-hybridized carbons (Fsp3) is 0.286.